The summed E-state index contributed by atoms with van der Waals surface area (Å²) in [6, 6.07) is 5.80. The molecule has 98 valence electrons. The van der Waals surface area contributed by atoms with Gasteiger partial charge in [0.2, 0.25) is 5.91 Å². The molecule has 0 aromatic heterocycles. The lowest BCUT2D eigenvalue weighted by Crippen LogP contribution is -2.20. The van der Waals surface area contributed by atoms with Gasteiger partial charge in [-0.2, -0.15) is 0 Å². The predicted octanol–water partition coefficient (Wildman–Crippen LogP) is 1.57. The van der Waals surface area contributed by atoms with Gasteiger partial charge in [0.1, 0.15) is 5.75 Å². The van der Waals surface area contributed by atoms with Crippen molar-refractivity contribution >= 4 is 5.91 Å². The van der Waals surface area contributed by atoms with Crippen LogP contribution < -0.4 is 10.1 Å². The van der Waals surface area contributed by atoms with Crippen LogP contribution in [0.25, 0.3) is 0 Å². The smallest absolute Gasteiger partial charge is 0.223 e. The first-order chi connectivity index (χ1) is 8.70. The van der Waals surface area contributed by atoms with Crippen molar-refractivity contribution in [1.29, 1.82) is 0 Å². The first kappa shape index (κ1) is 12.9. The summed E-state index contributed by atoms with van der Waals surface area (Å²) in [4.78, 5) is 11.1. The molecule has 2 rings (SSSR count). The van der Waals surface area contributed by atoms with Crippen LogP contribution in [-0.4, -0.2) is 24.7 Å². The lowest BCUT2D eigenvalue weighted by molar-refractivity contribution is -0.121. The third-order valence-electron chi connectivity index (χ3n) is 3.28. The topological polar surface area (TPSA) is 58.6 Å². The van der Waals surface area contributed by atoms with Gasteiger partial charge in [-0.05, 0) is 42.5 Å². The average Bonchev–Trinajstić information content (AvgIpc) is 2.39. The molecule has 0 heterocycles. The molecule has 1 aromatic carbocycles. The highest BCUT2D eigenvalue weighted by molar-refractivity contribution is 5.75. The number of aryl methyl sites for hydroxylation is 1. The molecule has 18 heavy (non-hydrogen) atoms. The van der Waals surface area contributed by atoms with Crippen LogP contribution in [0.3, 0.4) is 0 Å². The van der Waals surface area contributed by atoms with Gasteiger partial charge in [0.25, 0.3) is 0 Å². The van der Waals surface area contributed by atoms with Crippen molar-refractivity contribution in [2.45, 2.75) is 31.8 Å². The molecule has 0 spiro atoms. The Kier molecular flexibility index (Phi) is 4.20. The maximum atomic E-state index is 11.1. The number of hydrogen-bond donors (Lipinski definition) is 2. The molecule has 0 radical (unpaired) electrons. The highest BCUT2D eigenvalue weighted by Crippen LogP contribution is 2.32. The summed E-state index contributed by atoms with van der Waals surface area (Å²) in [5.41, 5.74) is 2.17. The molecule has 4 heteroatoms. The highest BCUT2D eigenvalue weighted by atomic mass is 16.5. The molecule has 1 amide bonds. The Balaban J connectivity index is 1.98. The first-order valence-electron chi connectivity index (χ1n) is 6.35. The van der Waals surface area contributed by atoms with Crippen LogP contribution in [0.5, 0.6) is 5.75 Å². The molecule has 1 aromatic rings. The monoisotopic (exact) mass is 249 g/mol. The fourth-order valence-electron chi connectivity index (χ4n) is 2.23. The first-order valence-corrected chi connectivity index (χ1v) is 6.35. The van der Waals surface area contributed by atoms with Gasteiger partial charge in [-0.25, -0.2) is 0 Å². The van der Waals surface area contributed by atoms with E-state index in [0.717, 1.165) is 30.6 Å². The van der Waals surface area contributed by atoms with Crippen molar-refractivity contribution in [2.75, 3.05) is 13.7 Å². The minimum atomic E-state index is -0.378. The van der Waals surface area contributed by atoms with E-state index in [-0.39, 0.29) is 12.0 Å². The summed E-state index contributed by atoms with van der Waals surface area (Å²) in [6.45, 7) is 0.356. The van der Waals surface area contributed by atoms with Gasteiger partial charge < -0.3 is 15.2 Å². The normalized spacial score (nSPS) is 18.0. The maximum Gasteiger partial charge on any atom is 0.223 e. The zero-order valence-electron chi connectivity index (χ0n) is 10.6. The molecule has 0 unspecified atom stereocenters. The Morgan fingerprint density at radius 2 is 2.39 bits per heavy atom. The zero-order chi connectivity index (χ0) is 13.0. The predicted molar refractivity (Wildman–Crippen MR) is 68.5 cm³/mol. The number of benzene rings is 1. The van der Waals surface area contributed by atoms with Gasteiger partial charge in [0.05, 0.1) is 19.1 Å². The quantitative estimate of drug-likeness (QED) is 0.851. The van der Waals surface area contributed by atoms with E-state index in [2.05, 4.69) is 5.32 Å². The van der Waals surface area contributed by atoms with E-state index in [1.54, 1.807) is 7.05 Å². The van der Waals surface area contributed by atoms with Gasteiger partial charge >= 0.3 is 0 Å². The van der Waals surface area contributed by atoms with Crippen LogP contribution in [-0.2, 0) is 11.2 Å². The second-order valence-electron chi connectivity index (χ2n) is 4.54. The van der Waals surface area contributed by atoms with E-state index < -0.39 is 0 Å². The molecule has 4 nitrogen and oxygen atoms in total. The number of aliphatic hydroxyl groups excluding tert-OH is 1. The summed E-state index contributed by atoms with van der Waals surface area (Å²) in [5, 5.41) is 12.5. The molecule has 0 fully saturated rings. The molecule has 1 aliphatic carbocycles. The van der Waals surface area contributed by atoms with Crippen LogP contribution in [0.1, 0.15) is 36.5 Å². The van der Waals surface area contributed by atoms with Crippen molar-refractivity contribution in [3.8, 4) is 5.75 Å². The van der Waals surface area contributed by atoms with Crippen molar-refractivity contribution in [2.24, 2.45) is 0 Å². The van der Waals surface area contributed by atoms with Crippen molar-refractivity contribution < 1.29 is 14.6 Å². The standard InChI is InChI=1S/C14H19NO3/c1-15-14(17)7-8-18-11-6-5-10-3-2-4-13(16)12(10)9-11/h5-6,9,13,16H,2-4,7-8H2,1H3,(H,15,17)/t13-/m0/s1. The van der Waals surface area contributed by atoms with Crippen molar-refractivity contribution in [3.05, 3.63) is 29.3 Å². The van der Waals surface area contributed by atoms with Gasteiger partial charge in [-0.1, -0.05) is 6.07 Å². The number of amides is 1. The largest absolute Gasteiger partial charge is 0.493 e. The van der Waals surface area contributed by atoms with Gasteiger partial charge in [0, 0.05) is 7.05 Å². The Morgan fingerprint density at radius 3 is 3.17 bits per heavy atom. The number of fused-ring (bicyclic) bond motifs is 1. The lowest BCUT2D eigenvalue weighted by atomic mass is 9.89. The second-order valence-corrected chi connectivity index (χ2v) is 4.54. The second kappa shape index (κ2) is 5.87. The van der Waals surface area contributed by atoms with E-state index in [4.69, 9.17) is 4.74 Å². The number of aliphatic hydroxyl groups is 1. The molecule has 1 atom stereocenters. The fourth-order valence-corrected chi connectivity index (χ4v) is 2.23. The van der Waals surface area contributed by atoms with Crippen molar-refractivity contribution in [1.82, 2.24) is 5.32 Å². The number of rotatable bonds is 4. The number of carbonyl (C=O) groups is 1. The van der Waals surface area contributed by atoms with E-state index in [9.17, 15) is 9.90 Å². The summed E-state index contributed by atoms with van der Waals surface area (Å²) < 4.78 is 5.52. The number of nitrogens with one attached hydrogen (secondary N) is 1. The minimum Gasteiger partial charge on any atom is -0.493 e. The Bertz CT molecular complexity index is 431. The zero-order valence-corrected chi connectivity index (χ0v) is 10.6. The van der Waals surface area contributed by atoms with E-state index >= 15 is 0 Å². The number of ether oxygens (including phenoxy) is 1. The van der Waals surface area contributed by atoms with Crippen LogP contribution in [0, 0.1) is 0 Å². The summed E-state index contributed by atoms with van der Waals surface area (Å²) in [7, 11) is 1.61. The fraction of sp³-hybridized carbons (Fsp3) is 0.500. The lowest BCUT2D eigenvalue weighted by Gasteiger charge is -2.21. The summed E-state index contributed by atoms with van der Waals surface area (Å²) in [5.74, 6) is 0.687. The molecular formula is C14H19NO3. The molecule has 0 saturated carbocycles. The van der Waals surface area contributed by atoms with E-state index in [1.807, 2.05) is 18.2 Å². The maximum absolute atomic E-state index is 11.1. The molecule has 0 bridgehead atoms. The molecule has 1 aliphatic rings. The highest BCUT2D eigenvalue weighted by Gasteiger charge is 2.18. The van der Waals surface area contributed by atoms with E-state index in [1.165, 1.54) is 5.56 Å². The van der Waals surface area contributed by atoms with Gasteiger partial charge in [-0.15, -0.1) is 0 Å². The molecule has 0 saturated heterocycles. The minimum absolute atomic E-state index is 0.0343. The van der Waals surface area contributed by atoms with Crippen LogP contribution in [0.2, 0.25) is 0 Å². The molecule has 0 aliphatic heterocycles. The number of carbonyl (C=O) groups excluding carboxylic acids is 1. The van der Waals surface area contributed by atoms with Crippen LogP contribution >= 0.6 is 0 Å². The van der Waals surface area contributed by atoms with Gasteiger partial charge in [0.15, 0.2) is 0 Å². The summed E-state index contributed by atoms with van der Waals surface area (Å²) >= 11 is 0. The van der Waals surface area contributed by atoms with Crippen molar-refractivity contribution in [3.63, 3.8) is 0 Å². The Morgan fingerprint density at radius 1 is 1.56 bits per heavy atom. The Hall–Kier alpha value is -1.55. The van der Waals surface area contributed by atoms with Crippen LogP contribution in [0.15, 0.2) is 18.2 Å². The Labute approximate surface area is 107 Å². The third-order valence-corrected chi connectivity index (χ3v) is 3.28. The number of hydrogen-bond acceptors (Lipinski definition) is 3. The van der Waals surface area contributed by atoms with Gasteiger partial charge in [-0.3, -0.25) is 4.79 Å². The van der Waals surface area contributed by atoms with E-state index in [0.29, 0.717) is 13.0 Å². The third kappa shape index (κ3) is 3.01. The average molecular weight is 249 g/mol. The van der Waals surface area contributed by atoms with Crippen LogP contribution in [0.4, 0.5) is 0 Å². The molecule has 2 N–H and O–H groups in total. The molecular weight excluding hydrogens is 230 g/mol. The SMILES string of the molecule is CNC(=O)CCOc1ccc2c(c1)[C@@H](O)CCC2. The summed E-state index contributed by atoms with van der Waals surface area (Å²) in [6.07, 6.45) is 2.83.